The van der Waals surface area contributed by atoms with E-state index < -0.39 is 67.7 Å². The highest BCUT2D eigenvalue weighted by atomic mass is 32.2. The molecule has 1 aromatic carbocycles. The molecule has 0 unspecified atom stereocenters. The molecule has 0 aliphatic carbocycles. The number of sulfone groups is 1. The maximum atomic E-state index is 13.6. The van der Waals surface area contributed by atoms with E-state index in [0.29, 0.717) is 0 Å². The normalized spacial score (nSPS) is 12.3. The Hall–Kier alpha value is -1.75. The van der Waals surface area contributed by atoms with E-state index in [1.54, 1.807) is 0 Å². The summed E-state index contributed by atoms with van der Waals surface area (Å²) in [4.78, 5) is 9.10. The molecule has 5 nitrogen and oxygen atoms in total. The van der Waals surface area contributed by atoms with Crippen LogP contribution < -0.4 is 5.73 Å². The molecule has 11 heteroatoms. The van der Waals surface area contributed by atoms with Crippen molar-refractivity contribution in [2.75, 3.05) is 12.3 Å². The minimum Gasteiger partial charge on any atom is -0.458 e. The molecule has 0 aromatic heterocycles. The lowest BCUT2D eigenvalue weighted by Gasteiger charge is -2.24. The first-order chi connectivity index (χ1) is 10.3. The average Bonchev–Trinajstić information content (AvgIpc) is 2.40. The van der Waals surface area contributed by atoms with Gasteiger partial charge in [-0.1, -0.05) is 0 Å². The predicted molar refractivity (Wildman–Crippen MR) is 67.5 cm³/mol. The molecule has 0 aliphatic rings. The van der Waals surface area contributed by atoms with E-state index in [2.05, 4.69) is 4.74 Å². The van der Waals surface area contributed by atoms with Crippen molar-refractivity contribution >= 4 is 15.8 Å². The van der Waals surface area contributed by atoms with E-state index in [0.717, 1.165) is 13.8 Å². The van der Waals surface area contributed by atoms with Crippen LogP contribution in [0.25, 0.3) is 0 Å². The number of hydrogen-bond acceptors (Lipinski definition) is 5. The van der Waals surface area contributed by atoms with Crippen molar-refractivity contribution in [2.24, 2.45) is 5.73 Å². The molecule has 0 fully saturated rings. The van der Waals surface area contributed by atoms with Gasteiger partial charge in [-0.3, -0.25) is 4.79 Å². The van der Waals surface area contributed by atoms with Crippen molar-refractivity contribution in [3.8, 4) is 0 Å². The Morgan fingerprint density at radius 3 is 1.78 bits per heavy atom. The summed E-state index contributed by atoms with van der Waals surface area (Å²) in [5, 5.41) is 0. The second-order valence-corrected chi connectivity index (χ2v) is 7.02. The fourth-order valence-electron chi connectivity index (χ4n) is 1.77. The van der Waals surface area contributed by atoms with E-state index in [1.807, 2.05) is 0 Å². The number of ether oxygens (including phenoxy) is 1. The van der Waals surface area contributed by atoms with Crippen molar-refractivity contribution in [3.63, 3.8) is 0 Å². The van der Waals surface area contributed by atoms with Crippen molar-refractivity contribution in [1.82, 2.24) is 0 Å². The standard InChI is InChI=1S/C12H12F5NO4S/c1-12(2,22-5(19)3-18)4-23(20,21)11-9(16)7(14)6(13)8(15)10(11)17/h3-4,18H2,1-2H3. The molecule has 130 valence electrons. The number of carbonyl (C=O) groups excluding carboxylic acids is 1. The number of halogens is 5. The number of nitrogens with two attached hydrogens (primary N) is 1. The van der Waals surface area contributed by atoms with Gasteiger partial charge in [0.05, 0.1) is 12.3 Å². The summed E-state index contributed by atoms with van der Waals surface area (Å²) in [5.74, 6) is -14.5. The zero-order valence-electron chi connectivity index (χ0n) is 11.9. The fraction of sp³-hybridized carbons (Fsp3) is 0.417. The first kappa shape index (κ1) is 19.3. The molecule has 0 saturated heterocycles. The van der Waals surface area contributed by atoms with Crippen LogP contribution in [0, 0.1) is 29.1 Å². The first-order valence-electron chi connectivity index (χ1n) is 6.00. The van der Waals surface area contributed by atoms with Crippen LogP contribution in [-0.4, -0.2) is 32.3 Å². The van der Waals surface area contributed by atoms with Crippen molar-refractivity contribution < 1.29 is 39.9 Å². The monoisotopic (exact) mass is 361 g/mol. The Morgan fingerprint density at radius 2 is 1.39 bits per heavy atom. The van der Waals surface area contributed by atoms with Gasteiger partial charge in [-0.2, -0.15) is 0 Å². The highest BCUT2D eigenvalue weighted by molar-refractivity contribution is 7.91. The molecule has 1 rings (SSSR count). The number of benzene rings is 1. The Labute approximate surface area is 128 Å². The largest absolute Gasteiger partial charge is 0.458 e. The Bertz CT molecular complexity index is 719. The number of esters is 1. The molecule has 1 aromatic rings. The summed E-state index contributed by atoms with van der Waals surface area (Å²) >= 11 is 0. The highest BCUT2D eigenvalue weighted by Crippen LogP contribution is 2.29. The van der Waals surface area contributed by atoms with Gasteiger partial charge in [-0.15, -0.1) is 0 Å². The van der Waals surface area contributed by atoms with Crippen molar-refractivity contribution in [2.45, 2.75) is 24.3 Å². The zero-order chi connectivity index (χ0) is 18.2. The first-order valence-corrected chi connectivity index (χ1v) is 7.65. The van der Waals surface area contributed by atoms with Crippen LogP contribution >= 0.6 is 0 Å². The maximum absolute atomic E-state index is 13.6. The molecular formula is C12H12F5NO4S. The van der Waals surface area contributed by atoms with Crippen LogP contribution in [0.2, 0.25) is 0 Å². The highest BCUT2D eigenvalue weighted by Gasteiger charge is 2.38. The van der Waals surface area contributed by atoms with Gasteiger partial charge in [0.15, 0.2) is 33.1 Å². The van der Waals surface area contributed by atoms with Crippen LogP contribution in [0.4, 0.5) is 22.0 Å². The van der Waals surface area contributed by atoms with Gasteiger partial charge >= 0.3 is 5.97 Å². The Kier molecular flexibility index (Phi) is 5.37. The molecule has 0 amide bonds. The van der Waals surface area contributed by atoms with Gasteiger partial charge in [-0.05, 0) is 13.8 Å². The van der Waals surface area contributed by atoms with E-state index in [4.69, 9.17) is 5.73 Å². The van der Waals surface area contributed by atoms with Crippen LogP contribution in [0.15, 0.2) is 4.90 Å². The Balaban J connectivity index is 3.38. The second kappa shape index (κ2) is 6.40. The van der Waals surface area contributed by atoms with Crippen LogP contribution in [0.1, 0.15) is 13.8 Å². The summed E-state index contributed by atoms with van der Waals surface area (Å²) in [6.07, 6.45) is 0. The quantitative estimate of drug-likeness (QED) is 0.282. The molecule has 0 aliphatic heterocycles. The minimum atomic E-state index is -5.01. The van der Waals surface area contributed by atoms with E-state index >= 15 is 0 Å². The minimum absolute atomic E-state index is 0.591. The third-order valence-electron chi connectivity index (χ3n) is 2.57. The van der Waals surface area contributed by atoms with Crippen LogP contribution in [0.3, 0.4) is 0 Å². The van der Waals surface area contributed by atoms with Gasteiger partial charge in [0.1, 0.15) is 10.5 Å². The lowest BCUT2D eigenvalue weighted by Crippen LogP contribution is -2.38. The molecule has 0 atom stereocenters. The SMILES string of the molecule is CC(C)(CS(=O)(=O)c1c(F)c(F)c(F)c(F)c1F)OC(=O)CN. The summed E-state index contributed by atoms with van der Waals surface area (Å²) in [7, 11) is -5.01. The summed E-state index contributed by atoms with van der Waals surface area (Å²) in [6, 6.07) is 0. The molecule has 23 heavy (non-hydrogen) atoms. The van der Waals surface area contributed by atoms with Gasteiger partial charge < -0.3 is 10.5 Å². The molecule has 0 saturated carbocycles. The average molecular weight is 361 g/mol. The Morgan fingerprint density at radius 1 is 1.00 bits per heavy atom. The summed E-state index contributed by atoms with van der Waals surface area (Å²) < 4.78 is 95.0. The summed E-state index contributed by atoms with van der Waals surface area (Å²) in [5.41, 5.74) is 3.16. The lowest BCUT2D eigenvalue weighted by molar-refractivity contribution is -0.152. The lowest BCUT2D eigenvalue weighted by atomic mass is 10.2. The molecule has 0 heterocycles. The molecule has 2 N–H and O–H groups in total. The van der Waals surface area contributed by atoms with Gasteiger partial charge in [0.2, 0.25) is 5.82 Å². The number of hydrogen-bond donors (Lipinski definition) is 1. The third-order valence-corrected chi connectivity index (χ3v) is 4.63. The second-order valence-electron chi connectivity index (χ2n) is 5.10. The molecular weight excluding hydrogens is 349 g/mol. The third kappa shape index (κ3) is 3.96. The van der Waals surface area contributed by atoms with E-state index in [-0.39, 0.29) is 0 Å². The van der Waals surface area contributed by atoms with Gasteiger partial charge in [0.25, 0.3) is 0 Å². The van der Waals surface area contributed by atoms with E-state index in [9.17, 15) is 35.2 Å². The number of carbonyl (C=O) groups is 1. The predicted octanol–water partition coefficient (Wildman–Crippen LogP) is 1.44. The zero-order valence-corrected chi connectivity index (χ0v) is 12.7. The molecule has 0 spiro atoms. The van der Waals surface area contributed by atoms with Crippen LogP contribution in [-0.2, 0) is 19.4 Å². The van der Waals surface area contributed by atoms with Crippen molar-refractivity contribution in [3.05, 3.63) is 29.1 Å². The number of rotatable bonds is 5. The smallest absolute Gasteiger partial charge is 0.320 e. The topological polar surface area (TPSA) is 86.5 Å². The maximum Gasteiger partial charge on any atom is 0.320 e. The van der Waals surface area contributed by atoms with Crippen LogP contribution in [0.5, 0.6) is 0 Å². The fourth-order valence-corrected chi connectivity index (χ4v) is 3.61. The van der Waals surface area contributed by atoms with Crippen molar-refractivity contribution in [1.29, 1.82) is 0 Å². The molecule has 0 bridgehead atoms. The van der Waals surface area contributed by atoms with E-state index in [1.165, 1.54) is 0 Å². The van der Waals surface area contributed by atoms with Gasteiger partial charge in [0, 0.05) is 0 Å². The van der Waals surface area contributed by atoms with Gasteiger partial charge in [-0.25, -0.2) is 30.4 Å². The molecule has 0 radical (unpaired) electrons. The summed E-state index contributed by atoms with van der Waals surface area (Å²) in [6.45, 7) is 1.56.